The van der Waals surface area contributed by atoms with Gasteiger partial charge in [-0.3, -0.25) is 4.79 Å². The van der Waals surface area contributed by atoms with Crippen molar-refractivity contribution in [2.24, 2.45) is 0 Å². The van der Waals surface area contributed by atoms with Gasteiger partial charge in [-0.05, 0) is 30.3 Å². The monoisotopic (exact) mass is 329 g/mol. The van der Waals surface area contributed by atoms with Crippen molar-refractivity contribution in [2.75, 3.05) is 11.1 Å². The van der Waals surface area contributed by atoms with Crippen LogP contribution in [0.2, 0.25) is 0 Å². The minimum absolute atomic E-state index is 0.0902. The average molecular weight is 329 g/mol. The SMILES string of the molecule is O=C(CSc1nnc(-c2ccccc2)o1)Nc1cccc(F)c1. The largest absolute Gasteiger partial charge is 0.411 e. The Morgan fingerprint density at radius 2 is 1.96 bits per heavy atom. The average Bonchev–Trinajstić information content (AvgIpc) is 3.03. The van der Waals surface area contributed by atoms with E-state index in [2.05, 4.69) is 15.5 Å². The van der Waals surface area contributed by atoms with Crippen molar-refractivity contribution >= 4 is 23.4 Å². The maximum Gasteiger partial charge on any atom is 0.277 e. The number of nitrogens with zero attached hydrogens (tertiary/aromatic N) is 2. The first-order valence-corrected chi connectivity index (χ1v) is 7.76. The smallest absolute Gasteiger partial charge is 0.277 e. The molecular weight excluding hydrogens is 317 g/mol. The van der Waals surface area contributed by atoms with Crippen LogP contribution in [0.3, 0.4) is 0 Å². The third-order valence-corrected chi connectivity index (χ3v) is 3.68. The highest BCUT2D eigenvalue weighted by atomic mass is 32.2. The molecule has 0 unspecified atom stereocenters. The second-order valence-electron chi connectivity index (χ2n) is 4.59. The van der Waals surface area contributed by atoms with Crippen LogP contribution in [0.1, 0.15) is 0 Å². The Morgan fingerprint density at radius 1 is 1.13 bits per heavy atom. The standard InChI is InChI=1S/C16H12FN3O2S/c17-12-7-4-8-13(9-12)18-14(21)10-23-16-20-19-15(22-16)11-5-2-1-3-6-11/h1-9H,10H2,(H,18,21). The van der Waals surface area contributed by atoms with E-state index in [1.165, 1.54) is 18.2 Å². The Labute approximate surface area is 135 Å². The van der Waals surface area contributed by atoms with Gasteiger partial charge >= 0.3 is 0 Å². The highest BCUT2D eigenvalue weighted by Crippen LogP contribution is 2.23. The summed E-state index contributed by atoms with van der Waals surface area (Å²) in [5.41, 5.74) is 1.22. The molecule has 1 aromatic heterocycles. The molecule has 23 heavy (non-hydrogen) atoms. The molecule has 0 atom stereocenters. The van der Waals surface area contributed by atoms with Crippen LogP contribution in [0, 0.1) is 5.82 Å². The first-order chi connectivity index (χ1) is 11.2. The van der Waals surface area contributed by atoms with E-state index in [0.717, 1.165) is 17.3 Å². The van der Waals surface area contributed by atoms with Gasteiger partial charge in [-0.1, -0.05) is 36.0 Å². The lowest BCUT2D eigenvalue weighted by Gasteiger charge is -2.03. The van der Waals surface area contributed by atoms with Crippen molar-refractivity contribution < 1.29 is 13.6 Å². The Morgan fingerprint density at radius 3 is 2.74 bits per heavy atom. The van der Waals surface area contributed by atoms with Crippen molar-refractivity contribution in [3.05, 3.63) is 60.4 Å². The van der Waals surface area contributed by atoms with E-state index in [1.54, 1.807) is 6.07 Å². The lowest BCUT2D eigenvalue weighted by atomic mass is 10.2. The number of carbonyl (C=O) groups is 1. The van der Waals surface area contributed by atoms with Crippen LogP contribution in [0.15, 0.2) is 64.2 Å². The number of benzene rings is 2. The molecule has 0 saturated carbocycles. The summed E-state index contributed by atoms with van der Waals surface area (Å²) in [6, 6.07) is 15.1. The lowest BCUT2D eigenvalue weighted by molar-refractivity contribution is -0.113. The summed E-state index contributed by atoms with van der Waals surface area (Å²) in [6.07, 6.45) is 0. The summed E-state index contributed by atoms with van der Waals surface area (Å²) in [5.74, 6) is -0.189. The molecular formula is C16H12FN3O2S. The number of rotatable bonds is 5. The Balaban J connectivity index is 1.56. The van der Waals surface area contributed by atoms with Crippen LogP contribution in [-0.2, 0) is 4.79 Å². The number of hydrogen-bond acceptors (Lipinski definition) is 5. The number of hydrogen-bond donors (Lipinski definition) is 1. The quantitative estimate of drug-likeness (QED) is 0.724. The summed E-state index contributed by atoms with van der Waals surface area (Å²) in [4.78, 5) is 11.8. The molecule has 0 aliphatic heterocycles. The third kappa shape index (κ3) is 4.17. The van der Waals surface area contributed by atoms with Crippen molar-refractivity contribution in [3.8, 4) is 11.5 Å². The van der Waals surface area contributed by atoms with E-state index in [-0.39, 0.29) is 11.7 Å². The summed E-state index contributed by atoms with van der Waals surface area (Å²) < 4.78 is 18.5. The molecule has 1 amide bonds. The maximum atomic E-state index is 13.0. The molecule has 0 radical (unpaired) electrons. The molecule has 0 bridgehead atoms. The molecule has 116 valence electrons. The fourth-order valence-electron chi connectivity index (χ4n) is 1.86. The minimum atomic E-state index is -0.403. The van der Waals surface area contributed by atoms with Gasteiger partial charge in [0.1, 0.15) is 5.82 Å². The molecule has 5 nitrogen and oxygen atoms in total. The van der Waals surface area contributed by atoms with Crippen LogP contribution >= 0.6 is 11.8 Å². The highest BCUT2D eigenvalue weighted by Gasteiger charge is 2.11. The van der Waals surface area contributed by atoms with Gasteiger partial charge < -0.3 is 9.73 Å². The van der Waals surface area contributed by atoms with Crippen LogP contribution in [0.25, 0.3) is 11.5 Å². The summed E-state index contributed by atoms with van der Waals surface area (Å²) in [7, 11) is 0. The topological polar surface area (TPSA) is 68.0 Å². The van der Waals surface area contributed by atoms with Gasteiger partial charge in [0.15, 0.2) is 0 Å². The van der Waals surface area contributed by atoms with Gasteiger partial charge in [0.25, 0.3) is 5.22 Å². The number of thioether (sulfide) groups is 1. The third-order valence-electron chi connectivity index (χ3n) is 2.86. The van der Waals surface area contributed by atoms with E-state index in [4.69, 9.17) is 4.42 Å². The van der Waals surface area contributed by atoms with Gasteiger partial charge in [-0.2, -0.15) is 0 Å². The molecule has 0 fully saturated rings. The summed E-state index contributed by atoms with van der Waals surface area (Å²) >= 11 is 1.12. The Kier molecular flexibility index (Phi) is 4.68. The van der Waals surface area contributed by atoms with Gasteiger partial charge in [0, 0.05) is 11.3 Å². The second kappa shape index (κ2) is 7.06. The van der Waals surface area contributed by atoms with Gasteiger partial charge in [0.05, 0.1) is 5.75 Å². The van der Waals surface area contributed by atoms with Crippen LogP contribution in [-0.4, -0.2) is 21.9 Å². The molecule has 0 spiro atoms. The van der Waals surface area contributed by atoms with E-state index >= 15 is 0 Å². The molecule has 1 N–H and O–H groups in total. The fourth-order valence-corrected chi connectivity index (χ4v) is 2.42. The van der Waals surface area contributed by atoms with Crippen molar-refractivity contribution in [1.29, 1.82) is 0 Å². The van der Waals surface area contributed by atoms with Gasteiger partial charge in [0.2, 0.25) is 11.8 Å². The molecule has 2 aromatic carbocycles. The van der Waals surface area contributed by atoms with Gasteiger partial charge in [-0.25, -0.2) is 4.39 Å². The number of carbonyl (C=O) groups excluding carboxylic acids is 1. The molecule has 0 saturated heterocycles. The minimum Gasteiger partial charge on any atom is -0.411 e. The van der Waals surface area contributed by atoms with Crippen LogP contribution < -0.4 is 5.32 Å². The van der Waals surface area contributed by atoms with Crippen molar-refractivity contribution in [2.45, 2.75) is 5.22 Å². The first-order valence-electron chi connectivity index (χ1n) is 6.78. The van der Waals surface area contributed by atoms with Crippen LogP contribution in [0.4, 0.5) is 10.1 Å². The lowest BCUT2D eigenvalue weighted by Crippen LogP contribution is -2.14. The summed E-state index contributed by atoms with van der Waals surface area (Å²) in [5, 5.41) is 10.7. The summed E-state index contributed by atoms with van der Waals surface area (Å²) in [6.45, 7) is 0. The van der Waals surface area contributed by atoms with E-state index < -0.39 is 5.82 Å². The van der Waals surface area contributed by atoms with E-state index in [0.29, 0.717) is 16.8 Å². The first kappa shape index (κ1) is 15.2. The predicted molar refractivity (Wildman–Crippen MR) is 85.5 cm³/mol. The molecule has 0 aliphatic carbocycles. The molecule has 3 aromatic rings. The van der Waals surface area contributed by atoms with Crippen LogP contribution in [0.5, 0.6) is 0 Å². The highest BCUT2D eigenvalue weighted by molar-refractivity contribution is 7.99. The predicted octanol–water partition coefficient (Wildman–Crippen LogP) is 3.61. The number of anilines is 1. The maximum absolute atomic E-state index is 13.0. The van der Waals surface area contributed by atoms with Crippen molar-refractivity contribution in [1.82, 2.24) is 10.2 Å². The zero-order valence-electron chi connectivity index (χ0n) is 11.9. The Bertz CT molecular complexity index is 808. The molecule has 7 heteroatoms. The van der Waals surface area contributed by atoms with E-state index in [1.807, 2.05) is 30.3 Å². The molecule has 3 rings (SSSR count). The fraction of sp³-hybridized carbons (Fsp3) is 0.0625. The molecule has 1 heterocycles. The molecule has 0 aliphatic rings. The number of aromatic nitrogens is 2. The second-order valence-corrected chi connectivity index (χ2v) is 5.51. The zero-order chi connectivity index (χ0) is 16.1. The number of nitrogens with one attached hydrogen (secondary N) is 1. The number of halogens is 1. The van der Waals surface area contributed by atoms with E-state index in [9.17, 15) is 9.18 Å². The Hall–Kier alpha value is -2.67. The number of amides is 1. The zero-order valence-corrected chi connectivity index (χ0v) is 12.7. The normalized spacial score (nSPS) is 10.5. The van der Waals surface area contributed by atoms with Crippen molar-refractivity contribution in [3.63, 3.8) is 0 Å². The van der Waals surface area contributed by atoms with Gasteiger partial charge in [-0.15, -0.1) is 10.2 Å².